The lowest BCUT2D eigenvalue weighted by atomic mass is 9.85. The number of benzene rings is 8. The molecule has 8 aromatic carbocycles. The Bertz CT molecular complexity index is 2360. The van der Waals surface area contributed by atoms with Crippen LogP contribution in [-0.4, -0.2) is 7.05 Å². The minimum atomic E-state index is 0.0713. The van der Waals surface area contributed by atoms with Gasteiger partial charge in [-0.05, 0) is 90.8 Å². The summed E-state index contributed by atoms with van der Waals surface area (Å²) in [6.45, 7) is 0. The Morgan fingerprint density at radius 3 is 1.48 bits per heavy atom. The molecule has 1 heterocycles. The van der Waals surface area contributed by atoms with E-state index in [0.717, 1.165) is 0 Å². The molecule has 1 aliphatic heterocycles. The Morgan fingerprint density at radius 1 is 0.375 bits per heavy atom. The van der Waals surface area contributed by atoms with Crippen molar-refractivity contribution >= 4 is 38.6 Å². The van der Waals surface area contributed by atoms with Gasteiger partial charge in [-0.25, -0.2) is 0 Å². The summed E-state index contributed by atoms with van der Waals surface area (Å²) in [6, 6.07) is 66.2. The number of nitrogens with zero attached hydrogens (tertiary/aromatic N) is 2. The van der Waals surface area contributed by atoms with Gasteiger partial charge in [-0.15, -0.1) is 0 Å². The third-order valence-electron chi connectivity index (χ3n) is 9.85. The fourth-order valence-corrected chi connectivity index (χ4v) is 7.70. The first-order valence-electron chi connectivity index (χ1n) is 16.6. The van der Waals surface area contributed by atoms with Crippen molar-refractivity contribution in [1.82, 2.24) is 0 Å². The van der Waals surface area contributed by atoms with Gasteiger partial charge in [0, 0.05) is 12.7 Å². The molecule has 0 aromatic heterocycles. The van der Waals surface area contributed by atoms with E-state index in [1.54, 1.807) is 0 Å². The highest BCUT2D eigenvalue weighted by Gasteiger charge is 2.35. The molecule has 1 unspecified atom stereocenters. The van der Waals surface area contributed by atoms with Gasteiger partial charge in [-0.1, -0.05) is 152 Å². The molecular formula is C46H34N2. The molecule has 0 radical (unpaired) electrons. The van der Waals surface area contributed by atoms with Gasteiger partial charge >= 0.3 is 0 Å². The van der Waals surface area contributed by atoms with Gasteiger partial charge in [0.1, 0.15) is 6.17 Å². The van der Waals surface area contributed by atoms with E-state index in [1.807, 2.05) is 0 Å². The minimum absolute atomic E-state index is 0.0713. The second-order valence-electron chi connectivity index (χ2n) is 12.6. The zero-order chi connectivity index (χ0) is 32.0. The number of hydrogen-bond donors (Lipinski definition) is 0. The maximum atomic E-state index is 2.47. The van der Waals surface area contributed by atoms with Crippen LogP contribution in [0.2, 0.25) is 0 Å². The molecule has 1 aliphatic rings. The molecule has 2 heteroatoms. The predicted molar refractivity (Wildman–Crippen MR) is 204 cm³/mol. The van der Waals surface area contributed by atoms with Crippen molar-refractivity contribution in [2.75, 3.05) is 16.8 Å². The Kier molecular flexibility index (Phi) is 6.80. The smallest absolute Gasteiger partial charge is 0.132 e. The lowest BCUT2D eigenvalue weighted by Crippen LogP contribution is -2.30. The lowest BCUT2D eigenvalue weighted by molar-refractivity contribution is 0.719. The van der Waals surface area contributed by atoms with Gasteiger partial charge in [0.25, 0.3) is 0 Å². The van der Waals surface area contributed by atoms with E-state index in [9.17, 15) is 0 Å². The Morgan fingerprint density at radius 2 is 0.854 bits per heavy atom. The highest BCUT2D eigenvalue weighted by atomic mass is 15.4. The number of fused-ring (bicyclic) bond motifs is 3. The van der Waals surface area contributed by atoms with Crippen LogP contribution < -0.4 is 9.80 Å². The molecule has 0 N–H and O–H groups in total. The SMILES string of the molecule is CN1c2ccccc2N(c2ccc(-c3c4ccccc4c(-c4cccc(-c5ccccc5)c4)c4ccccc34)cc2)C1c1ccccc1. The zero-order valence-electron chi connectivity index (χ0n) is 26.8. The Labute approximate surface area is 281 Å². The van der Waals surface area contributed by atoms with Crippen LogP contribution in [0, 0.1) is 0 Å². The summed E-state index contributed by atoms with van der Waals surface area (Å²) in [5.41, 5.74) is 12.4. The van der Waals surface area contributed by atoms with Crippen molar-refractivity contribution in [2.45, 2.75) is 6.17 Å². The van der Waals surface area contributed by atoms with Crippen molar-refractivity contribution in [3.8, 4) is 33.4 Å². The summed E-state index contributed by atoms with van der Waals surface area (Å²) in [6.07, 6.45) is 0.0713. The summed E-state index contributed by atoms with van der Waals surface area (Å²) in [4.78, 5) is 4.85. The van der Waals surface area contributed by atoms with Crippen molar-refractivity contribution in [3.05, 3.63) is 188 Å². The van der Waals surface area contributed by atoms with Crippen LogP contribution in [-0.2, 0) is 0 Å². The van der Waals surface area contributed by atoms with Gasteiger partial charge in [-0.2, -0.15) is 0 Å². The zero-order valence-corrected chi connectivity index (χ0v) is 26.8. The van der Waals surface area contributed by atoms with Crippen molar-refractivity contribution < 1.29 is 0 Å². The number of anilines is 3. The molecule has 9 rings (SSSR count). The second kappa shape index (κ2) is 11.6. The molecule has 2 nitrogen and oxygen atoms in total. The molecule has 8 aromatic rings. The molecule has 0 bridgehead atoms. The third kappa shape index (κ3) is 4.57. The minimum Gasteiger partial charge on any atom is -0.349 e. The first kappa shape index (κ1) is 28.1. The fourth-order valence-electron chi connectivity index (χ4n) is 7.70. The molecular weight excluding hydrogens is 581 g/mol. The fraction of sp³-hybridized carbons (Fsp3) is 0.0435. The molecule has 228 valence electrons. The molecule has 0 saturated carbocycles. The van der Waals surface area contributed by atoms with E-state index in [-0.39, 0.29) is 6.17 Å². The van der Waals surface area contributed by atoms with Crippen molar-refractivity contribution in [2.24, 2.45) is 0 Å². The van der Waals surface area contributed by atoms with Gasteiger partial charge < -0.3 is 9.80 Å². The topological polar surface area (TPSA) is 6.48 Å². The molecule has 0 spiro atoms. The van der Waals surface area contributed by atoms with Gasteiger partial charge in [0.05, 0.1) is 11.4 Å². The van der Waals surface area contributed by atoms with Crippen LogP contribution in [0.4, 0.5) is 17.1 Å². The third-order valence-corrected chi connectivity index (χ3v) is 9.85. The van der Waals surface area contributed by atoms with E-state index in [0.29, 0.717) is 0 Å². The first-order valence-corrected chi connectivity index (χ1v) is 16.6. The van der Waals surface area contributed by atoms with Gasteiger partial charge in [-0.3, -0.25) is 0 Å². The molecule has 0 saturated heterocycles. The Balaban J connectivity index is 1.20. The summed E-state index contributed by atoms with van der Waals surface area (Å²) in [7, 11) is 2.19. The maximum absolute atomic E-state index is 2.47. The average Bonchev–Trinajstić information content (AvgIpc) is 3.46. The highest BCUT2D eigenvalue weighted by molar-refractivity contribution is 6.21. The molecule has 0 amide bonds. The van der Waals surface area contributed by atoms with Crippen LogP contribution >= 0.6 is 0 Å². The van der Waals surface area contributed by atoms with E-state index in [2.05, 4.69) is 199 Å². The van der Waals surface area contributed by atoms with Gasteiger partial charge in [0.2, 0.25) is 0 Å². The van der Waals surface area contributed by atoms with Crippen molar-refractivity contribution in [3.63, 3.8) is 0 Å². The largest absolute Gasteiger partial charge is 0.349 e. The second-order valence-corrected chi connectivity index (χ2v) is 12.6. The van der Waals surface area contributed by atoms with Crippen LogP contribution in [0.5, 0.6) is 0 Å². The van der Waals surface area contributed by atoms with Crippen LogP contribution in [0.1, 0.15) is 11.7 Å². The van der Waals surface area contributed by atoms with E-state index < -0.39 is 0 Å². The van der Waals surface area contributed by atoms with Crippen molar-refractivity contribution in [1.29, 1.82) is 0 Å². The average molecular weight is 615 g/mol. The number of rotatable bonds is 5. The van der Waals surface area contributed by atoms with Crippen LogP contribution in [0.15, 0.2) is 182 Å². The number of hydrogen-bond acceptors (Lipinski definition) is 2. The van der Waals surface area contributed by atoms with Crippen LogP contribution in [0.25, 0.3) is 54.9 Å². The maximum Gasteiger partial charge on any atom is 0.132 e. The first-order chi connectivity index (χ1) is 23.8. The normalized spacial score (nSPS) is 14.1. The van der Waals surface area contributed by atoms with E-state index in [4.69, 9.17) is 0 Å². The van der Waals surface area contributed by atoms with Gasteiger partial charge in [0.15, 0.2) is 0 Å². The summed E-state index contributed by atoms with van der Waals surface area (Å²) in [5.74, 6) is 0. The predicted octanol–water partition coefficient (Wildman–Crippen LogP) is 12.3. The summed E-state index contributed by atoms with van der Waals surface area (Å²) < 4.78 is 0. The van der Waals surface area contributed by atoms with E-state index >= 15 is 0 Å². The summed E-state index contributed by atoms with van der Waals surface area (Å²) >= 11 is 0. The monoisotopic (exact) mass is 614 g/mol. The standard InChI is InChI=1S/C46H34N2/c1-47-42-25-12-13-26-43(42)48(46(47)34-17-6-3-7-18-34)37-29-27-33(28-30-37)44-38-21-8-10-23-40(38)45(41-24-11-9-22-39(41)44)36-20-14-19-35(31-36)32-15-4-2-5-16-32/h2-31,46H,1H3. The Hall–Kier alpha value is -6.12. The van der Waals surface area contributed by atoms with E-state index in [1.165, 1.54) is 77.6 Å². The quantitative estimate of drug-likeness (QED) is 0.178. The van der Waals surface area contributed by atoms with Crippen LogP contribution in [0.3, 0.4) is 0 Å². The molecule has 48 heavy (non-hydrogen) atoms. The summed E-state index contributed by atoms with van der Waals surface area (Å²) in [5, 5.41) is 5.05. The highest BCUT2D eigenvalue weighted by Crippen LogP contribution is 2.50. The lowest BCUT2D eigenvalue weighted by Gasteiger charge is -2.31. The molecule has 1 atom stereocenters. The molecule has 0 fully saturated rings. The molecule has 0 aliphatic carbocycles. The number of para-hydroxylation sites is 2.